The SMILES string of the molecule is CCCCCCCC1CCC(C(=O)Oc2ccc([C@H]3CO[C@@H](CC[Si](C)(C)C(C)CC)C3)cc2)CC1. The Morgan fingerprint density at radius 3 is 2.36 bits per heavy atom. The first-order valence-electron chi connectivity index (χ1n) is 15.3. The number of ether oxygens (including phenoxy) is 2. The molecule has 3 atom stereocenters. The van der Waals surface area contributed by atoms with Crippen LogP contribution in [0.4, 0.5) is 0 Å². The lowest BCUT2D eigenvalue weighted by atomic mass is 9.80. The molecule has 1 aromatic rings. The zero-order valence-corrected chi connectivity index (χ0v) is 25.0. The van der Waals surface area contributed by atoms with Gasteiger partial charge in [-0.25, -0.2) is 0 Å². The Balaban J connectivity index is 1.37. The number of carbonyl (C=O) groups excluding carboxylic acids is 1. The number of benzene rings is 1. The summed E-state index contributed by atoms with van der Waals surface area (Å²) in [5.41, 5.74) is 2.19. The first kappa shape index (κ1) is 29.4. The van der Waals surface area contributed by atoms with E-state index in [4.69, 9.17) is 9.47 Å². The second-order valence-electron chi connectivity index (χ2n) is 12.6. The van der Waals surface area contributed by atoms with Gasteiger partial charge in [0.1, 0.15) is 5.75 Å². The lowest BCUT2D eigenvalue weighted by Crippen LogP contribution is -2.31. The van der Waals surface area contributed by atoms with E-state index in [1.54, 1.807) is 0 Å². The van der Waals surface area contributed by atoms with E-state index in [0.29, 0.717) is 17.8 Å². The van der Waals surface area contributed by atoms with Crippen molar-refractivity contribution in [1.82, 2.24) is 0 Å². The maximum Gasteiger partial charge on any atom is 0.314 e. The van der Waals surface area contributed by atoms with Crippen LogP contribution in [0, 0.1) is 11.8 Å². The molecule has 1 saturated heterocycles. The summed E-state index contributed by atoms with van der Waals surface area (Å²) in [5, 5.41) is 0. The molecule has 1 saturated carbocycles. The van der Waals surface area contributed by atoms with Gasteiger partial charge in [-0.05, 0) is 67.7 Å². The molecule has 3 nitrogen and oxygen atoms in total. The van der Waals surface area contributed by atoms with Gasteiger partial charge in [-0.15, -0.1) is 0 Å². The van der Waals surface area contributed by atoms with Crippen molar-refractivity contribution in [2.45, 2.75) is 141 Å². The molecule has 0 spiro atoms. The summed E-state index contributed by atoms with van der Waals surface area (Å²) in [7, 11) is -1.16. The monoisotopic (exact) mass is 514 g/mol. The van der Waals surface area contributed by atoms with Crippen molar-refractivity contribution in [2.75, 3.05) is 6.61 Å². The quantitative estimate of drug-likeness (QED) is 0.107. The fraction of sp³-hybridized carbons (Fsp3) is 0.781. The fourth-order valence-electron chi connectivity index (χ4n) is 6.20. The van der Waals surface area contributed by atoms with Crippen LogP contribution in [0.5, 0.6) is 5.75 Å². The van der Waals surface area contributed by atoms with Crippen molar-refractivity contribution < 1.29 is 14.3 Å². The third-order valence-corrected chi connectivity index (χ3v) is 14.3. The normalized spacial score (nSPS) is 25.6. The Labute approximate surface area is 223 Å². The molecule has 0 amide bonds. The Morgan fingerprint density at radius 1 is 1.00 bits per heavy atom. The first-order chi connectivity index (χ1) is 17.3. The van der Waals surface area contributed by atoms with Crippen LogP contribution in [0.1, 0.15) is 116 Å². The van der Waals surface area contributed by atoms with Gasteiger partial charge in [-0.2, -0.15) is 0 Å². The van der Waals surface area contributed by atoms with Crippen LogP contribution in [-0.2, 0) is 9.53 Å². The molecule has 4 heteroatoms. The fourth-order valence-corrected chi connectivity index (χ4v) is 8.87. The van der Waals surface area contributed by atoms with Crippen molar-refractivity contribution >= 4 is 14.0 Å². The summed E-state index contributed by atoms with van der Waals surface area (Å²) in [5.74, 6) is 2.02. The molecule has 1 aromatic carbocycles. The second kappa shape index (κ2) is 14.7. The van der Waals surface area contributed by atoms with Gasteiger partial charge in [0.05, 0.1) is 26.7 Å². The van der Waals surface area contributed by atoms with E-state index >= 15 is 0 Å². The zero-order chi connectivity index (χ0) is 26.0. The summed E-state index contributed by atoms with van der Waals surface area (Å²) < 4.78 is 12.0. The van der Waals surface area contributed by atoms with Crippen LogP contribution >= 0.6 is 0 Å². The summed E-state index contributed by atoms with van der Waals surface area (Å²) in [4.78, 5) is 12.8. The molecular weight excluding hydrogens is 460 g/mol. The van der Waals surface area contributed by atoms with Crippen molar-refractivity contribution in [1.29, 1.82) is 0 Å². The van der Waals surface area contributed by atoms with Gasteiger partial charge in [0, 0.05) is 5.92 Å². The van der Waals surface area contributed by atoms with Crippen LogP contribution < -0.4 is 4.74 Å². The van der Waals surface area contributed by atoms with E-state index in [1.807, 2.05) is 12.1 Å². The summed E-state index contributed by atoms with van der Waals surface area (Å²) in [6.45, 7) is 12.9. The summed E-state index contributed by atoms with van der Waals surface area (Å²) in [6, 6.07) is 9.62. The third kappa shape index (κ3) is 9.01. The lowest BCUT2D eigenvalue weighted by Gasteiger charge is -2.30. The van der Waals surface area contributed by atoms with Crippen molar-refractivity contribution in [3.8, 4) is 5.75 Å². The minimum atomic E-state index is -1.16. The summed E-state index contributed by atoms with van der Waals surface area (Å²) in [6.07, 6.45) is 16.5. The molecule has 2 fully saturated rings. The van der Waals surface area contributed by atoms with Gasteiger partial charge < -0.3 is 9.47 Å². The van der Waals surface area contributed by atoms with E-state index in [1.165, 1.54) is 75.8 Å². The Bertz CT molecular complexity index is 766. The predicted molar refractivity (Wildman–Crippen MR) is 155 cm³/mol. The largest absolute Gasteiger partial charge is 0.426 e. The molecule has 1 aliphatic heterocycles. The minimum Gasteiger partial charge on any atom is -0.426 e. The van der Waals surface area contributed by atoms with E-state index in [9.17, 15) is 4.79 Å². The number of rotatable bonds is 14. The average molecular weight is 515 g/mol. The maximum absolute atomic E-state index is 12.8. The second-order valence-corrected chi connectivity index (χ2v) is 18.1. The number of unbranched alkanes of at least 4 members (excludes halogenated alkanes) is 4. The van der Waals surface area contributed by atoms with Gasteiger partial charge in [-0.3, -0.25) is 4.79 Å². The van der Waals surface area contributed by atoms with E-state index in [0.717, 1.165) is 37.3 Å². The molecule has 0 N–H and O–H groups in total. The van der Waals surface area contributed by atoms with E-state index in [-0.39, 0.29) is 11.9 Å². The highest BCUT2D eigenvalue weighted by atomic mass is 28.3. The third-order valence-electron chi connectivity index (χ3n) is 9.60. The van der Waals surface area contributed by atoms with Crippen LogP contribution in [0.3, 0.4) is 0 Å². The van der Waals surface area contributed by atoms with Gasteiger partial charge in [-0.1, -0.05) is 97.0 Å². The molecule has 1 aliphatic carbocycles. The van der Waals surface area contributed by atoms with Gasteiger partial charge in [0.2, 0.25) is 0 Å². The van der Waals surface area contributed by atoms with Crippen molar-refractivity contribution in [2.24, 2.45) is 11.8 Å². The van der Waals surface area contributed by atoms with Gasteiger partial charge >= 0.3 is 5.97 Å². The molecule has 204 valence electrons. The molecular formula is C32H54O3Si. The number of hydrogen-bond donors (Lipinski definition) is 0. The molecule has 3 rings (SSSR count). The van der Waals surface area contributed by atoms with Gasteiger partial charge in [0.25, 0.3) is 0 Å². The lowest BCUT2D eigenvalue weighted by molar-refractivity contribution is -0.140. The Kier molecular flexibility index (Phi) is 12.0. The highest BCUT2D eigenvalue weighted by molar-refractivity contribution is 6.78. The molecule has 36 heavy (non-hydrogen) atoms. The molecule has 1 unspecified atom stereocenters. The zero-order valence-electron chi connectivity index (χ0n) is 24.0. The minimum absolute atomic E-state index is 0.0264. The maximum atomic E-state index is 12.8. The van der Waals surface area contributed by atoms with Crippen LogP contribution in [0.25, 0.3) is 0 Å². The molecule has 1 heterocycles. The smallest absolute Gasteiger partial charge is 0.314 e. The highest BCUT2D eigenvalue weighted by Crippen LogP contribution is 2.37. The Morgan fingerprint density at radius 2 is 1.69 bits per heavy atom. The summed E-state index contributed by atoms with van der Waals surface area (Å²) >= 11 is 0. The number of hydrogen-bond acceptors (Lipinski definition) is 3. The predicted octanol–water partition coefficient (Wildman–Crippen LogP) is 9.53. The molecule has 0 radical (unpaired) electrons. The number of esters is 1. The molecule has 2 aliphatic rings. The Hall–Kier alpha value is -1.13. The van der Waals surface area contributed by atoms with Crippen molar-refractivity contribution in [3.63, 3.8) is 0 Å². The van der Waals surface area contributed by atoms with Crippen LogP contribution in [-0.4, -0.2) is 26.8 Å². The first-order valence-corrected chi connectivity index (χ1v) is 18.5. The van der Waals surface area contributed by atoms with E-state index in [2.05, 4.69) is 46.0 Å². The number of carbonyl (C=O) groups is 1. The van der Waals surface area contributed by atoms with Gasteiger partial charge in [0.15, 0.2) is 0 Å². The topological polar surface area (TPSA) is 35.5 Å². The highest BCUT2D eigenvalue weighted by Gasteiger charge is 2.32. The van der Waals surface area contributed by atoms with E-state index < -0.39 is 8.07 Å². The standard InChI is InChI=1S/C32H54O3Si/c1-6-8-9-10-11-12-26-13-15-28(16-14-26)32(33)35-30-19-17-27(18-20-30)29-23-31(34-24-29)21-22-36(4,5)25(3)7-2/h17-20,25-26,28-29,31H,6-16,21-24H2,1-5H3/t25?,26?,28?,29-,31+/m1/s1. The van der Waals surface area contributed by atoms with Crippen molar-refractivity contribution in [3.05, 3.63) is 29.8 Å². The van der Waals surface area contributed by atoms with Crippen LogP contribution in [0.15, 0.2) is 24.3 Å². The molecule has 0 bridgehead atoms. The molecule has 0 aromatic heterocycles. The van der Waals surface area contributed by atoms with Crippen LogP contribution in [0.2, 0.25) is 24.7 Å². The average Bonchev–Trinajstić information content (AvgIpc) is 3.37.